The molecule has 0 fully saturated rings. The average Bonchev–Trinajstić information content (AvgIpc) is 2.76. The maximum absolute atomic E-state index is 12.4. The van der Waals surface area contributed by atoms with Crippen LogP contribution < -0.4 is 16.4 Å². The van der Waals surface area contributed by atoms with E-state index in [0.717, 1.165) is 21.8 Å². The summed E-state index contributed by atoms with van der Waals surface area (Å²) in [7, 11) is 0. The van der Waals surface area contributed by atoms with Crippen molar-refractivity contribution < 1.29 is 4.79 Å². The van der Waals surface area contributed by atoms with Gasteiger partial charge in [-0.3, -0.25) is 10.1 Å². The van der Waals surface area contributed by atoms with Crippen LogP contribution in [0.5, 0.6) is 0 Å². The van der Waals surface area contributed by atoms with Crippen molar-refractivity contribution in [2.75, 3.05) is 23.7 Å². The van der Waals surface area contributed by atoms with E-state index in [-0.39, 0.29) is 5.91 Å². The number of carbonyl (C=O) groups is 1. The molecule has 2 aromatic rings. The van der Waals surface area contributed by atoms with E-state index in [1.54, 1.807) is 0 Å². The topological polar surface area (TPSA) is 80.0 Å². The maximum atomic E-state index is 12.4. The van der Waals surface area contributed by atoms with E-state index in [9.17, 15) is 4.79 Å². The quantitative estimate of drug-likeness (QED) is 0.793. The van der Waals surface area contributed by atoms with E-state index in [4.69, 9.17) is 5.73 Å². The number of benzene rings is 1. The van der Waals surface area contributed by atoms with Gasteiger partial charge in [-0.1, -0.05) is 6.07 Å². The molecule has 112 valence electrons. The first-order valence-corrected chi connectivity index (χ1v) is 7.63. The summed E-state index contributed by atoms with van der Waals surface area (Å²) < 4.78 is 0. The van der Waals surface area contributed by atoms with Gasteiger partial charge in [0.05, 0.1) is 5.69 Å². The summed E-state index contributed by atoms with van der Waals surface area (Å²) in [5, 5.41) is 6.67. The van der Waals surface area contributed by atoms with Crippen LogP contribution in [0.1, 0.15) is 26.5 Å². The highest BCUT2D eigenvalue weighted by atomic mass is 32.1. The molecule has 0 aliphatic rings. The van der Waals surface area contributed by atoms with E-state index < -0.39 is 0 Å². The predicted molar refractivity (Wildman–Crippen MR) is 88.3 cm³/mol. The summed E-state index contributed by atoms with van der Waals surface area (Å²) >= 11 is 1.49. The third-order valence-corrected chi connectivity index (χ3v) is 4.19. The maximum Gasteiger partial charge on any atom is 0.257 e. The molecule has 21 heavy (non-hydrogen) atoms. The Balaban J connectivity index is 2.17. The lowest BCUT2D eigenvalue weighted by atomic mass is 10.1. The van der Waals surface area contributed by atoms with Gasteiger partial charge in [0.15, 0.2) is 5.13 Å². The van der Waals surface area contributed by atoms with Crippen LogP contribution in [-0.4, -0.2) is 24.0 Å². The monoisotopic (exact) mass is 304 g/mol. The number of thiazole rings is 1. The number of carbonyl (C=O) groups excluding carboxylic acids is 1. The van der Waals surface area contributed by atoms with Crippen LogP contribution in [-0.2, 0) is 0 Å². The number of nitrogens with zero attached hydrogens (tertiary/aromatic N) is 1. The predicted octanol–water partition coefficient (Wildman–Crippen LogP) is 2.69. The van der Waals surface area contributed by atoms with Crippen LogP contribution in [0, 0.1) is 20.8 Å². The molecular weight excluding hydrogens is 284 g/mol. The van der Waals surface area contributed by atoms with Crippen molar-refractivity contribution in [1.29, 1.82) is 0 Å². The second-order valence-corrected chi connectivity index (χ2v) is 6.06. The third kappa shape index (κ3) is 3.80. The van der Waals surface area contributed by atoms with Gasteiger partial charge in [-0.25, -0.2) is 4.98 Å². The highest BCUT2D eigenvalue weighted by Gasteiger charge is 2.13. The van der Waals surface area contributed by atoms with Crippen molar-refractivity contribution in [2.24, 2.45) is 5.73 Å². The van der Waals surface area contributed by atoms with Crippen LogP contribution in [0.15, 0.2) is 18.2 Å². The molecule has 2 rings (SSSR count). The SMILES string of the molecule is Cc1ccc(NCCN)cc1C(=O)Nc1nc(C)c(C)s1. The second kappa shape index (κ2) is 6.69. The van der Waals surface area contributed by atoms with Crippen LogP contribution >= 0.6 is 11.3 Å². The number of hydrogen-bond donors (Lipinski definition) is 3. The summed E-state index contributed by atoms with van der Waals surface area (Å²) in [6, 6.07) is 5.71. The van der Waals surface area contributed by atoms with Gasteiger partial charge in [-0.15, -0.1) is 11.3 Å². The van der Waals surface area contributed by atoms with Gasteiger partial charge in [0.1, 0.15) is 0 Å². The first-order valence-electron chi connectivity index (χ1n) is 6.81. The number of nitrogens with one attached hydrogen (secondary N) is 2. The number of rotatable bonds is 5. The Morgan fingerprint density at radius 2 is 2.10 bits per heavy atom. The van der Waals surface area contributed by atoms with Crippen LogP contribution in [0.25, 0.3) is 0 Å². The molecule has 0 bridgehead atoms. The number of nitrogens with two attached hydrogens (primary N) is 1. The minimum atomic E-state index is -0.141. The summed E-state index contributed by atoms with van der Waals surface area (Å²) in [6.07, 6.45) is 0. The second-order valence-electron chi connectivity index (χ2n) is 4.86. The molecule has 0 atom stereocenters. The van der Waals surface area contributed by atoms with E-state index in [1.807, 2.05) is 39.0 Å². The smallest absolute Gasteiger partial charge is 0.257 e. The lowest BCUT2D eigenvalue weighted by molar-refractivity contribution is 0.102. The lowest BCUT2D eigenvalue weighted by Gasteiger charge is -2.10. The molecule has 0 saturated carbocycles. The summed E-state index contributed by atoms with van der Waals surface area (Å²) in [5.41, 5.74) is 8.88. The van der Waals surface area contributed by atoms with Gasteiger partial charge < -0.3 is 11.1 Å². The number of aromatic nitrogens is 1. The van der Waals surface area contributed by atoms with Crippen LogP contribution in [0.3, 0.4) is 0 Å². The molecule has 0 spiro atoms. The van der Waals surface area contributed by atoms with Crippen molar-refractivity contribution >= 4 is 28.1 Å². The summed E-state index contributed by atoms with van der Waals surface area (Å²) in [6.45, 7) is 7.07. The summed E-state index contributed by atoms with van der Waals surface area (Å²) in [4.78, 5) is 17.8. The Morgan fingerprint density at radius 1 is 1.33 bits per heavy atom. The minimum absolute atomic E-state index is 0.141. The van der Waals surface area contributed by atoms with Gasteiger partial charge in [0.2, 0.25) is 0 Å². The molecule has 0 radical (unpaired) electrons. The zero-order chi connectivity index (χ0) is 15.4. The standard InChI is InChI=1S/C15H20N4OS/c1-9-4-5-12(17-7-6-16)8-13(9)14(20)19-15-18-10(2)11(3)21-15/h4-5,8,17H,6-7,16H2,1-3H3,(H,18,19,20). The molecule has 0 aliphatic heterocycles. The molecule has 0 saturated heterocycles. The van der Waals surface area contributed by atoms with Gasteiger partial charge in [0, 0.05) is 29.2 Å². The Morgan fingerprint density at radius 3 is 2.71 bits per heavy atom. The van der Waals surface area contributed by atoms with Crippen LogP contribution in [0.4, 0.5) is 10.8 Å². The summed E-state index contributed by atoms with van der Waals surface area (Å²) in [5.74, 6) is -0.141. The van der Waals surface area contributed by atoms with E-state index >= 15 is 0 Å². The highest BCUT2D eigenvalue weighted by molar-refractivity contribution is 7.15. The Kier molecular flexibility index (Phi) is 4.93. The van der Waals surface area contributed by atoms with Crippen molar-refractivity contribution in [2.45, 2.75) is 20.8 Å². The first-order chi connectivity index (χ1) is 10.0. The fraction of sp³-hybridized carbons (Fsp3) is 0.333. The van der Waals surface area contributed by atoms with Gasteiger partial charge in [-0.2, -0.15) is 0 Å². The van der Waals surface area contributed by atoms with Gasteiger partial charge in [-0.05, 0) is 38.5 Å². The van der Waals surface area contributed by atoms with Crippen molar-refractivity contribution in [3.8, 4) is 0 Å². The van der Waals surface area contributed by atoms with E-state index in [1.165, 1.54) is 11.3 Å². The van der Waals surface area contributed by atoms with E-state index in [0.29, 0.717) is 23.8 Å². The first kappa shape index (κ1) is 15.5. The highest BCUT2D eigenvalue weighted by Crippen LogP contribution is 2.23. The van der Waals surface area contributed by atoms with Crippen LogP contribution in [0.2, 0.25) is 0 Å². The molecule has 0 aliphatic carbocycles. The van der Waals surface area contributed by atoms with Crippen molar-refractivity contribution in [1.82, 2.24) is 4.98 Å². The molecule has 6 heteroatoms. The average molecular weight is 304 g/mol. The molecular formula is C15H20N4OS. The van der Waals surface area contributed by atoms with Crippen molar-refractivity contribution in [3.63, 3.8) is 0 Å². The fourth-order valence-electron chi connectivity index (χ4n) is 1.88. The Labute approximate surface area is 128 Å². The third-order valence-electron chi connectivity index (χ3n) is 3.20. The molecule has 1 aromatic heterocycles. The largest absolute Gasteiger partial charge is 0.384 e. The van der Waals surface area contributed by atoms with Crippen molar-refractivity contribution in [3.05, 3.63) is 39.9 Å². The lowest BCUT2D eigenvalue weighted by Crippen LogP contribution is -2.16. The van der Waals surface area contributed by atoms with Gasteiger partial charge in [0.25, 0.3) is 5.91 Å². The number of hydrogen-bond acceptors (Lipinski definition) is 5. The fourth-order valence-corrected chi connectivity index (χ4v) is 2.69. The molecule has 1 heterocycles. The van der Waals surface area contributed by atoms with Gasteiger partial charge >= 0.3 is 0 Å². The minimum Gasteiger partial charge on any atom is -0.384 e. The Hall–Kier alpha value is -1.92. The molecule has 0 unspecified atom stereocenters. The molecule has 1 aromatic carbocycles. The molecule has 5 nitrogen and oxygen atoms in total. The molecule has 1 amide bonds. The zero-order valence-corrected chi connectivity index (χ0v) is 13.3. The number of anilines is 2. The number of aryl methyl sites for hydroxylation is 3. The normalized spacial score (nSPS) is 10.5. The number of amides is 1. The Bertz CT molecular complexity index is 632. The zero-order valence-electron chi connectivity index (χ0n) is 12.5. The van der Waals surface area contributed by atoms with E-state index in [2.05, 4.69) is 15.6 Å². The molecule has 4 N–H and O–H groups in total.